The zero-order chi connectivity index (χ0) is 42.8. The van der Waals surface area contributed by atoms with E-state index in [4.69, 9.17) is 29.9 Å². The van der Waals surface area contributed by atoms with E-state index in [2.05, 4.69) is 140 Å². The second-order valence-corrected chi connectivity index (χ2v) is 16.7. The number of para-hydroxylation sites is 2. The first-order chi connectivity index (χ1) is 31.5. The molecule has 0 bridgehead atoms. The number of aromatic nitrogens is 7. The SMILES string of the molecule is CC1(C)c2ccccc2-c2c(-c3nc(-c4ccccc4)nc(-c4cc(-c5nc(-c6ccccc6)nc(-c6ccccc6)n5)ccc4-n4c5ccccc5c5ccccc54)n3)cccc21. The molecule has 0 saturated heterocycles. The average molecular weight is 822 g/mol. The van der Waals surface area contributed by atoms with Crippen molar-refractivity contribution in [1.82, 2.24) is 34.5 Å². The maximum Gasteiger partial charge on any atom is 0.166 e. The van der Waals surface area contributed by atoms with Gasteiger partial charge in [-0.2, -0.15) is 0 Å². The third kappa shape index (κ3) is 6.12. The molecule has 0 N–H and O–H groups in total. The van der Waals surface area contributed by atoms with Crippen molar-refractivity contribution < 1.29 is 0 Å². The zero-order valence-corrected chi connectivity index (χ0v) is 35.2. The summed E-state index contributed by atoms with van der Waals surface area (Å²) in [4.78, 5) is 31.5. The molecule has 7 heteroatoms. The molecule has 8 aromatic carbocycles. The molecule has 3 aromatic heterocycles. The Kier molecular flexibility index (Phi) is 8.69. The Bertz CT molecular complexity index is 3470. The highest BCUT2D eigenvalue weighted by molar-refractivity contribution is 6.09. The fourth-order valence-electron chi connectivity index (χ4n) is 9.44. The zero-order valence-electron chi connectivity index (χ0n) is 35.2. The van der Waals surface area contributed by atoms with Crippen molar-refractivity contribution >= 4 is 21.8 Å². The highest BCUT2D eigenvalue weighted by Gasteiger charge is 2.37. The maximum absolute atomic E-state index is 5.50. The van der Waals surface area contributed by atoms with Gasteiger partial charge in [0.15, 0.2) is 34.9 Å². The van der Waals surface area contributed by atoms with Gasteiger partial charge in [-0.15, -0.1) is 0 Å². The summed E-state index contributed by atoms with van der Waals surface area (Å²) < 4.78 is 2.33. The van der Waals surface area contributed by atoms with Crippen molar-refractivity contribution in [3.63, 3.8) is 0 Å². The summed E-state index contributed by atoms with van der Waals surface area (Å²) in [7, 11) is 0. The summed E-state index contributed by atoms with van der Waals surface area (Å²) in [5.41, 5.74) is 13.0. The highest BCUT2D eigenvalue weighted by Crippen LogP contribution is 2.52. The van der Waals surface area contributed by atoms with Gasteiger partial charge in [0.2, 0.25) is 0 Å². The molecule has 64 heavy (non-hydrogen) atoms. The van der Waals surface area contributed by atoms with Gasteiger partial charge in [-0.3, -0.25) is 0 Å². The van der Waals surface area contributed by atoms with Crippen LogP contribution in [0.15, 0.2) is 200 Å². The summed E-state index contributed by atoms with van der Waals surface area (Å²) in [6.45, 7) is 4.60. The van der Waals surface area contributed by atoms with Crippen LogP contribution in [0.1, 0.15) is 25.0 Å². The van der Waals surface area contributed by atoms with E-state index >= 15 is 0 Å². The quantitative estimate of drug-likeness (QED) is 0.159. The summed E-state index contributed by atoms with van der Waals surface area (Å²) >= 11 is 0. The van der Waals surface area contributed by atoms with Crippen LogP contribution in [0.4, 0.5) is 0 Å². The van der Waals surface area contributed by atoms with Crippen LogP contribution in [0.25, 0.3) is 107 Å². The number of hydrogen-bond acceptors (Lipinski definition) is 6. The second kappa shape index (κ2) is 14.9. The largest absolute Gasteiger partial charge is 0.309 e. The molecule has 0 fully saturated rings. The monoisotopic (exact) mass is 821 g/mol. The molecule has 0 spiro atoms. The molecule has 3 heterocycles. The van der Waals surface area contributed by atoms with Gasteiger partial charge in [-0.05, 0) is 52.6 Å². The smallest absolute Gasteiger partial charge is 0.166 e. The van der Waals surface area contributed by atoms with E-state index in [1.807, 2.05) is 78.9 Å². The average Bonchev–Trinajstić information content (AvgIpc) is 3.82. The number of fused-ring (bicyclic) bond motifs is 6. The molecule has 12 rings (SSSR count). The Balaban J connectivity index is 1.16. The Labute approximate surface area is 370 Å². The lowest BCUT2D eigenvalue weighted by molar-refractivity contribution is 0.660. The first-order valence-corrected chi connectivity index (χ1v) is 21.6. The lowest BCUT2D eigenvalue weighted by Gasteiger charge is -2.21. The van der Waals surface area contributed by atoms with E-state index in [1.165, 1.54) is 16.7 Å². The van der Waals surface area contributed by atoms with Crippen LogP contribution in [0.5, 0.6) is 0 Å². The minimum absolute atomic E-state index is 0.195. The molecule has 11 aromatic rings. The van der Waals surface area contributed by atoms with Crippen LogP contribution in [-0.2, 0) is 5.41 Å². The van der Waals surface area contributed by atoms with Crippen LogP contribution in [0.2, 0.25) is 0 Å². The number of rotatable bonds is 7. The molecule has 0 saturated carbocycles. The van der Waals surface area contributed by atoms with Crippen LogP contribution in [0.3, 0.4) is 0 Å². The van der Waals surface area contributed by atoms with E-state index in [0.717, 1.165) is 66.4 Å². The molecular weight excluding hydrogens is 783 g/mol. The fourth-order valence-corrected chi connectivity index (χ4v) is 9.44. The Hall–Kier alpha value is -8.42. The summed E-state index contributed by atoms with van der Waals surface area (Å²) in [6.07, 6.45) is 0. The molecule has 0 amide bonds. The van der Waals surface area contributed by atoms with Crippen LogP contribution >= 0.6 is 0 Å². The van der Waals surface area contributed by atoms with Crippen LogP contribution < -0.4 is 0 Å². The lowest BCUT2D eigenvalue weighted by atomic mass is 9.82. The van der Waals surface area contributed by atoms with Crippen molar-refractivity contribution in [2.75, 3.05) is 0 Å². The van der Waals surface area contributed by atoms with E-state index in [1.54, 1.807) is 0 Å². The predicted molar refractivity (Wildman–Crippen MR) is 258 cm³/mol. The highest BCUT2D eigenvalue weighted by atomic mass is 15.1. The molecule has 1 aliphatic rings. The van der Waals surface area contributed by atoms with Crippen LogP contribution in [0, 0.1) is 0 Å². The number of benzene rings is 8. The summed E-state index contributed by atoms with van der Waals surface area (Å²) in [6, 6.07) is 69.1. The molecule has 0 atom stereocenters. The third-order valence-corrected chi connectivity index (χ3v) is 12.5. The molecule has 0 radical (unpaired) electrons. The van der Waals surface area contributed by atoms with Crippen molar-refractivity contribution in [3.8, 4) is 85.1 Å². The van der Waals surface area contributed by atoms with E-state index < -0.39 is 0 Å². The van der Waals surface area contributed by atoms with E-state index in [9.17, 15) is 0 Å². The number of hydrogen-bond donors (Lipinski definition) is 0. The van der Waals surface area contributed by atoms with Crippen molar-refractivity contribution in [1.29, 1.82) is 0 Å². The molecule has 302 valence electrons. The predicted octanol–water partition coefficient (Wildman–Crippen LogP) is 13.5. The van der Waals surface area contributed by atoms with Gasteiger partial charge < -0.3 is 4.57 Å². The third-order valence-electron chi connectivity index (χ3n) is 12.5. The molecule has 1 aliphatic carbocycles. The lowest BCUT2D eigenvalue weighted by Crippen LogP contribution is -2.14. The standard InChI is InChI=1S/C57H39N7/c1-57(2)45-29-15-12-27-42(45)50-43(28-18-30-46(50)57)55-61-53(38-23-10-5-11-24-38)62-56(63-55)44-35-39(33-34-49(44)64-47-31-16-13-25-40(47)41-26-14-17-32-48(41)64)54-59-51(36-19-6-3-7-20-36)58-52(60-54)37-21-8-4-9-22-37/h3-35H,1-2H3. The van der Waals surface area contributed by atoms with Gasteiger partial charge in [-0.25, -0.2) is 29.9 Å². The van der Waals surface area contributed by atoms with Gasteiger partial charge in [0.1, 0.15) is 0 Å². The van der Waals surface area contributed by atoms with E-state index in [0.29, 0.717) is 34.9 Å². The summed E-state index contributed by atoms with van der Waals surface area (Å²) in [5.74, 6) is 3.44. The first-order valence-electron chi connectivity index (χ1n) is 21.6. The minimum atomic E-state index is -0.195. The van der Waals surface area contributed by atoms with Crippen LogP contribution in [-0.4, -0.2) is 34.5 Å². The molecular formula is C57H39N7. The second-order valence-electron chi connectivity index (χ2n) is 16.7. The molecule has 0 aliphatic heterocycles. The normalized spacial score (nSPS) is 12.7. The van der Waals surface area contributed by atoms with Crippen molar-refractivity contribution in [3.05, 3.63) is 211 Å². The molecule has 0 unspecified atom stereocenters. The number of nitrogens with zero attached hydrogens (tertiary/aromatic N) is 7. The Morgan fingerprint density at radius 2 is 0.750 bits per heavy atom. The fraction of sp³-hybridized carbons (Fsp3) is 0.0526. The van der Waals surface area contributed by atoms with Crippen molar-refractivity contribution in [2.24, 2.45) is 0 Å². The Morgan fingerprint density at radius 3 is 1.33 bits per heavy atom. The maximum atomic E-state index is 5.50. The Morgan fingerprint density at radius 1 is 0.328 bits per heavy atom. The summed E-state index contributed by atoms with van der Waals surface area (Å²) in [5, 5.41) is 2.32. The molecule has 7 nitrogen and oxygen atoms in total. The minimum Gasteiger partial charge on any atom is -0.309 e. The van der Waals surface area contributed by atoms with Gasteiger partial charge in [0.25, 0.3) is 0 Å². The van der Waals surface area contributed by atoms with Gasteiger partial charge in [0.05, 0.1) is 16.7 Å². The van der Waals surface area contributed by atoms with Crippen molar-refractivity contribution in [2.45, 2.75) is 19.3 Å². The van der Waals surface area contributed by atoms with E-state index in [-0.39, 0.29) is 5.41 Å². The topological polar surface area (TPSA) is 82.3 Å². The van der Waals surface area contributed by atoms with Gasteiger partial charge in [0, 0.05) is 49.6 Å². The first kappa shape index (κ1) is 37.4. The van der Waals surface area contributed by atoms with Gasteiger partial charge in [-0.1, -0.05) is 184 Å². The van der Waals surface area contributed by atoms with Gasteiger partial charge >= 0.3 is 0 Å².